The number of rotatable bonds is 3. The summed E-state index contributed by atoms with van der Waals surface area (Å²) in [6.45, 7) is 0.183. The van der Waals surface area contributed by atoms with Gasteiger partial charge in [-0.05, 0) is 24.3 Å². The number of hydrogen-bond acceptors (Lipinski definition) is 3. The molecule has 2 aromatic heterocycles. The van der Waals surface area contributed by atoms with Crippen molar-refractivity contribution in [3.8, 4) is 0 Å². The van der Waals surface area contributed by atoms with Crippen LogP contribution in [0.1, 0.15) is 21.7 Å². The molecule has 0 aliphatic carbocycles. The van der Waals surface area contributed by atoms with Crippen LogP contribution < -0.4 is 5.32 Å². The minimum absolute atomic E-state index is 0.0751. The first kappa shape index (κ1) is 14.0. The van der Waals surface area contributed by atoms with E-state index in [9.17, 15) is 18.0 Å². The molecule has 0 spiro atoms. The van der Waals surface area contributed by atoms with E-state index >= 15 is 0 Å². The number of carbonyl (C=O) groups excluding carboxylic acids is 1. The summed E-state index contributed by atoms with van der Waals surface area (Å²) in [6, 6.07) is 7.09. The van der Waals surface area contributed by atoms with Crippen molar-refractivity contribution in [1.82, 2.24) is 15.3 Å². The SMILES string of the molecule is O=C(NCc1ccccn1)c1ccc(C(F)(F)F)cn1. The van der Waals surface area contributed by atoms with Crippen LogP contribution in [0.4, 0.5) is 13.2 Å². The molecule has 4 nitrogen and oxygen atoms in total. The van der Waals surface area contributed by atoms with Crippen molar-refractivity contribution < 1.29 is 18.0 Å². The van der Waals surface area contributed by atoms with Gasteiger partial charge in [-0.3, -0.25) is 14.8 Å². The fraction of sp³-hybridized carbons (Fsp3) is 0.154. The zero-order chi connectivity index (χ0) is 14.6. The maximum atomic E-state index is 12.3. The lowest BCUT2D eigenvalue weighted by atomic mass is 10.2. The van der Waals surface area contributed by atoms with E-state index in [1.165, 1.54) is 0 Å². The average molecular weight is 281 g/mol. The molecule has 0 atom stereocenters. The quantitative estimate of drug-likeness (QED) is 0.940. The summed E-state index contributed by atoms with van der Waals surface area (Å²) in [6.07, 6.45) is -2.25. The van der Waals surface area contributed by atoms with Crippen molar-refractivity contribution in [2.75, 3.05) is 0 Å². The van der Waals surface area contributed by atoms with Crippen LogP contribution in [0.2, 0.25) is 0 Å². The lowest BCUT2D eigenvalue weighted by molar-refractivity contribution is -0.137. The molecule has 0 saturated heterocycles. The van der Waals surface area contributed by atoms with Crippen LogP contribution in [0.25, 0.3) is 0 Å². The molecule has 20 heavy (non-hydrogen) atoms. The lowest BCUT2D eigenvalue weighted by Gasteiger charge is -2.07. The van der Waals surface area contributed by atoms with Gasteiger partial charge in [0, 0.05) is 12.4 Å². The highest BCUT2D eigenvalue weighted by Crippen LogP contribution is 2.28. The predicted molar refractivity (Wildman–Crippen MR) is 64.6 cm³/mol. The van der Waals surface area contributed by atoms with E-state index < -0.39 is 17.6 Å². The number of amides is 1. The summed E-state index contributed by atoms with van der Waals surface area (Å²) in [5, 5.41) is 2.53. The Kier molecular flexibility index (Phi) is 3.97. The molecule has 0 radical (unpaired) electrons. The zero-order valence-electron chi connectivity index (χ0n) is 10.2. The lowest BCUT2D eigenvalue weighted by Crippen LogP contribution is -2.24. The first-order valence-electron chi connectivity index (χ1n) is 5.68. The number of nitrogens with one attached hydrogen (secondary N) is 1. The summed E-state index contributed by atoms with van der Waals surface area (Å²) >= 11 is 0. The van der Waals surface area contributed by atoms with Gasteiger partial charge in [0.2, 0.25) is 0 Å². The number of halogens is 3. The number of alkyl halides is 3. The topological polar surface area (TPSA) is 54.9 Å². The Morgan fingerprint density at radius 1 is 1.15 bits per heavy atom. The Bertz CT molecular complexity index is 582. The Morgan fingerprint density at radius 2 is 1.95 bits per heavy atom. The van der Waals surface area contributed by atoms with E-state index in [1.807, 2.05) is 0 Å². The molecule has 2 aromatic rings. The van der Waals surface area contributed by atoms with Gasteiger partial charge in [-0.2, -0.15) is 13.2 Å². The standard InChI is InChI=1S/C13H10F3N3O/c14-13(15,16)9-4-5-11(18-7-9)12(20)19-8-10-3-1-2-6-17-10/h1-7H,8H2,(H,19,20). The van der Waals surface area contributed by atoms with Gasteiger partial charge in [0.25, 0.3) is 5.91 Å². The molecule has 0 aromatic carbocycles. The highest BCUT2D eigenvalue weighted by molar-refractivity contribution is 5.92. The minimum atomic E-state index is -4.46. The molecule has 2 rings (SSSR count). The number of aromatic nitrogens is 2. The van der Waals surface area contributed by atoms with Crippen LogP contribution in [-0.2, 0) is 12.7 Å². The molecule has 0 aliphatic rings. The molecular weight excluding hydrogens is 271 g/mol. The number of carbonyl (C=O) groups is 1. The molecule has 0 aliphatic heterocycles. The fourth-order valence-corrected chi connectivity index (χ4v) is 1.46. The van der Waals surface area contributed by atoms with Crippen molar-refractivity contribution >= 4 is 5.91 Å². The summed E-state index contributed by atoms with van der Waals surface area (Å²) in [5.74, 6) is -0.552. The maximum Gasteiger partial charge on any atom is 0.417 e. The number of hydrogen-bond donors (Lipinski definition) is 1. The zero-order valence-corrected chi connectivity index (χ0v) is 10.2. The largest absolute Gasteiger partial charge is 0.417 e. The summed E-state index contributed by atoms with van der Waals surface area (Å²) in [7, 11) is 0. The number of pyridine rings is 2. The summed E-state index contributed by atoms with van der Waals surface area (Å²) in [5.41, 5.74) is -0.319. The Labute approximate surface area is 112 Å². The molecule has 1 amide bonds. The van der Waals surface area contributed by atoms with Crippen LogP contribution in [0.15, 0.2) is 42.7 Å². The predicted octanol–water partition coefficient (Wildman–Crippen LogP) is 2.43. The molecular formula is C13H10F3N3O. The van der Waals surface area contributed by atoms with Gasteiger partial charge in [-0.1, -0.05) is 6.07 Å². The van der Waals surface area contributed by atoms with Gasteiger partial charge in [0.15, 0.2) is 0 Å². The maximum absolute atomic E-state index is 12.3. The van der Waals surface area contributed by atoms with Gasteiger partial charge in [0.1, 0.15) is 5.69 Å². The molecule has 0 unspecified atom stereocenters. The monoisotopic (exact) mass is 281 g/mol. The van der Waals surface area contributed by atoms with Crippen molar-refractivity contribution in [3.63, 3.8) is 0 Å². The first-order chi connectivity index (χ1) is 9.47. The van der Waals surface area contributed by atoms with Crippen LogP contribution in [0, 0.1) is 0 Å². The highest BCUT2D eigenvalue weighted by Gasteiger charge is 2.30. The molecule has 0 bridgehead atoms. The second-order valence-electron chi connectivity index (χ2n) is 3.93. The average Bonchev–Trinajstić information content (AvgIpc) is 2.45. The molecule has 2 heterocycles. The van der Waals surface area contributed by atoms with E-state index in [0.29, 0.717) is 11.9 Å². The fourth-order valence-electron chi connectivity index (χ4n) is 1.46. The molecule has 0 saturated carbocycles. The number of nitrogens with zero attached hydrogens (tertiary/aromatic N) is 2. The third-order valence-electron chi connectivity index (χ3n) is 2.48. The van der Waals surface area contributed by atoms with Gasteiger partial charge in [-0.25, -0.2) is 0 Å². The van der Waals surface area contributed by atoms with E-state index in [0.717, 1.165) is 12.1 Å². The molecule has 7 heteroatoms. The van der Waals surface area contributed by atoms with Crippen LogP contribution >= 0.6 is 0 Å². The van der Waals surface area contributed by atoms with E-state index in [1.54, 1.807) is 24.4 Å². The summed E-state index contributed by atoms with van der Waals surface area (Å²) < 4.78 is 37.0. The van der Waals surface area contributed by atoms with Crippen LogP contribution in [0.3, 0.4) is 0 Å². The normalized spacial score (nSPS) is 11.2. The second-order valence-corrected chi connectivity index (χ2v) is 3.93. The van der Waals surface area contributed by atoms with Gasteiger partial charge >= 0.3 is 6.18 Å². The van der Waals surface area contributed by atoms with Gasteiger partial charge in [0.05, 0.1) is 17.8 Å². The molecule has 0 fully saturated rings. The van der Waals surface area contributed by atoms with E-state index in [2.05, 4.69) is 15.3 Å². The van der Waals surface area contributed by atoms with Crippen molar-refractivity contribution in [3.05, 3.63) is 59.7 Å². The van der Waals surface area contributed by atoms with Crippen LogP contribution in [0.5, 0.6) is 0 Å². The van der Waals surface area contributed by atoms with E-state index in [4.69, 9.17) is 0 Å². The molecule has 1 N–H and O–H groups in total. The van der Waals surface area contributed by atoms with Gasteiger partial charge < -0.3 is 5.32 Å². The van der Waals surface area contributed by atoms with Crippen molar-refractivity contribution in [2.45, 2.75) is 12.7 Å². The third-order valence-corrected chi connectivity index (χ3v) is 2.48. The smallest absolute Gasteiger partial charge is 0.345 e. The third kappa shape index (κ3) is 3.53. The van der Waals surface area contributed by atoms with Gasteiger partial charge in [-0.15, -0.1) is 0 Å². The first-order valence-corrected chi connectivity index (χ1v) is 5.68. The minimum Gasteiger partial charge on any atom is -0.345 e. The molecule has 104 valence electrons. The summed E-state index contributed by atoms with van der Waals surface area (Å²) in [4.78, 5) is 19.2. The Hall–Kier alpha value is -2.44. The Morgan fingerprint density at radius 3 is 2.50 bits per heavy atom. The van der Waals surface area contributed by atoms with Crippen LogP contribution in [-0.4, -0.2) is 15.9 Å². The second kappa shape index (κ2) is 5.68. The highest BCUT2D eigenvalue weighted by atomic mass is 19.4. The van der Waals surface area contributed by atoms with Crippen molar-refractivity contribution in [2.24, 2.45) is 0 Å². The Balaban J connectivity index is 1.99. The van der Waals surface area contributed by atoms with E-state index in [-0.39, 0.29) is 12.2 Å². The van der Waals surface area contributed by atoms with Crippen molar-refractivity contribution in [1.29, 1.82) is 0 Å².